The summed E-state index contributed by atoms with van der Waals surface area (Å²) in [6, 6.07) is 8.99. The first-order valence-electron chi connectivity index (χ1n) is 10.1. The molecule has 154 valence electrons. The maximum atomic E-state index is 12.5. The third kappa shape index (κ3) is 4.79. The molecule has 1 aromatic carbocycles. The molecule has 3 heterocycles. The van der Waals surface area contributed by atoms with Crippen molar-refractivity contribution in [1.82, 2.24) is 9.80 Å². The number of morpholine rings is 1. The minimum atomic E-state index is 0.00873. The van der Waals surface area contributed by atoms with Crippen molar-refractivity contribution in [1.29, 1.82) is 0 Å². The van der Waals surface area contributed by atoms with E-state index in [2.05, 4.69) is 0 Å². The average Bonchev–Trinajstić information content (AvgIpc) is 3.33. The number of piperidine rings is 1. The van der Waals surface area contributed by atoms with Gasteiger partial charge in [-0.3, -0.25) is 9.59 Å². The van der Waals surface area contributed by atoms with Gasteiger partial charge in [-0.05, 0) is 43.2 Å². The number of likely N-dealkylation sites (tertiary alicyclic amines) is 1. The lowest BCUT2D eigenvalue weighted by atomic mass is 9.98. The predicted octanol–water partition coefficient (Wildman–Crippen LogP) is 2.68. The molecular formula is C22H26N2O5. The van der Waals surface area contributed by atoms with Crippen LogP contribution in [0, 0.1) is 5.92 Å². The van der Waals surface area contributed by atoms with Crippen molar-refractivity contribution >= 4 is 11.8 Å². The van der Waals surface area contributed by atoms with Crippen molar-refractivity contribution in [2.24, 2.45) is 5.92 Å². The SMILES string of the molecule is O=C(c1ccc(OC[C@H]2CCCN(C(=O)c3ccoc3)C2)cc1)N1CCOCC1. The van der Waals surface area contributed by atoms with E-state index >= 15 is 0 Å². The van der Waals surface area contributed by atoms with E-state index in [1.54, 1.807) is 6.07 Å². The molecule has 2 aromatic rings. The standard InChI is InChI=1S/C22H26N2O5/c25-21(23-9-12-27-13-10-23)18-3-5-20(6-4-18)29-15-17-2-1-8-24(14-17)22(26)19-7-11-28-16-19/h3-7,11,16-17H,1-2,8-10,12-15H2/t17-/m0/s1. The number of furan rings is 1. The van der Waals surface area contributed by atoms with Crippen LogP contribution in [0.5, 0.6) is 5.75 Å². The zero-order chi connectivity index (χ0) is 20.1. The highest BCUT2D eigenvalue weighted by Gasteiger charge is 2.25. The summed E-state index contributed by atoms with van der Waals surface area (Å²) in [5, 5.41) is 0. The Hall–Kier alpha value is -2.80. The largest absolute Gasteiger partial charge is 0.493 e. The number of carbonyl (C=O) groups excluding carboxylic acids is 2. The molecule has 2 fully saturated rings. The summed E-state index contributed by atoms with van der Waals surface area (Å²) < 4.78 is 16.3. The van der Waals surface area contributed by atoms with E-state index in [0.29, 0.717) is 50.6 Å². The highest BCUT2D eigenvalue weighted by atomic mass is 16.5. The van der Waals surface area contributed by atoms with E-state index in [1.165, 1.54) is 12.5 Å². The smallest absolute Gasteiger partial charge is 0.257 e. The van der Waals surface area contributed by atoms with Gasteiger partial charge in [-0.2, -0.15) is 0 Å². The zero-order valence-electron chi connectivity index (χ0n) is 16.4. The molecule has 0 saturated carbocycles. The number of rotatable bonds is 5. The fourth-order valence-corrected chi connectivity index (χ4v) is 3.81. The van der Waals surface area contributed by atoms with Crippen molar-refractivity contribution in [3.05, 3.63) is 54.0 Å². The Morgan fingerprint density at radius 1 is 0.966 bits per heavy atom. The predicted molar refractivity (Wildman–Crippen MR) is 106 cm³/mol. The molecule has 4 rings (SSSR count). The van der Waals surface area contributed by atoms with E-state index in [4.69, 9.17) is 13.9 Å². The first kappa shape index (κ1) is 19.5. The minimum absolute atomic E-state index is 0.00873. The Bertz CT molecular complexity index is 812. The third-order valence-corrected chi connectivity index (χ3v) is 5.46. The normalized spacial score (nSPS) is 19.8. The van der Waals surface area contributed by atoms with Crippen molar-refractivity contribution in [2.75, 3.05) is 46.0 Å². The molecule has 2 saturated heterocycles. The van der Waals surface area contributed by atoms with Crippen LogP contribution in [0.3, 0.4) is 0 Å². The molecule has 0 unspecified atom stereocenters. The number of amides is 2. The summed E-state index contributed by atoms with van der Waals surface area (Å²) in [7, 11) is 0. The highest BCUT2D eigenvalue weighted by molar-refractivity contribution is 5.94. The van der Waals surface area contributed by atoms with Gasteiger partial charge in [0.15, 0.2) is 0 Å². The van der Waals surface area contributed by atoms with Crippen LogP contribution in [-0.4, -0.2) is 67.6 Å². The second kappa shape index (κ2) is 9.13. The fourth-order valence-electron chi connectivity index (χ4n) is 3.81. The van der Waals surface area contributed by atoms with Crippen molar-refractivity contribution < 1.29 is 23.5 Å². The molecule has 0 radical (unpaired) electrons. The summed E-state index contributed by atoms with van der Waals surface area (Å²) in [5.74, 6) is 1.06. The van der Waals surface area contributed by atoms with Crippen LogP contribution in [0.2, 0.25) is 0 Å². The van der Waals surface area contributed by atoms with Crippen LogP contribution in [0.1, 0.15) is 33.6 Å². The van der Waals surface area contributed by atoms with Crippen LogP contribution < -0.4 is 4.74 Å². The van der Waals surface area contributed by atoms with E-state index in [1.807, 2.05) is 34.1 Å². The lowest BCUT2D eigenvalue weighted by molar-refractivity contribution is 0.0303. The fraction of sp³-hybridized carbons (Fsp3) is 0.455. The third-order valence-electron chi connectivity index (χ3n) is 5.46. The summed E-state index contributed by atoms with van der Waals surface area (Å²) in [6.45, 7) is 4.44. The molecule has 2 amide bonds. The highest BCUT2D eigenvalue weighted by Crippen LogP contribution is 2.21. The Balaban J connectivity index is 1.28. The second-order valence-electron chi connectivity index (χ2n) is 7.51. The molecule has 29 heavy (non-hydrogen) atoms. The summed E-state index contributed by atoms with van der Waals surface area (Å²) in [4.78, 5) is 28.7. The molecule has 0 spiro atoms. The van der Waals surface area contributed by atoms with Gasteiger partial charge < -0.3 is 23.7 Å². The van der Waals surface area contributed by atoms with Gasteiger partial charge >= 0.3 is 0 Å². The summed E-state index contributed by atoms with van der Waals surface area (Å²) in [5.41, 5.74) is 1.25. The molecule has 0 N–H and O–H groups in total. The lowest BCUT2D eigenvalue weighted by Gasteiger charge is -2.32. The Morgan fingerprint density at radius 2 is 1.72 bits per heavy atom. The van der Waals surface area contributed by atoms with Crippen LogP contribution in [0.25, 0.3) is 0 Å². The maximum absolute atomic E-state index is 12.5. The number of hydrogen-bond acceptors (Lipinski definition) is 5. The van der Waals surface area contributed by atoms with Crippen LogP contribution in [0.15, 0.2) is 47.3 Å². The van der Waals surface area contributed by atoms with Gasteiger partial charge in [-0.1, -0.05) is 0 Å². The first-order chi connectivity index (χ1) is 14.2. The molecule has 7 heteroatoms. The summed E-state index contributed by atoms with van der Waals surface area (Å²) in [6.07, 6.45) is 5.00. The number of ether oxygens (including phenoxy) is 2. The molecule has 1 aromatic heterocycles. The van der Waals surface area contributed by atoms with Crippen molar-refractivity contribution in [3.8, 4) is 5.75 Å². The van der Waals surface area contributed by atoms with Crippen LogP contribution in [-0.2, 0) is 4.74 Å². The molecule has 7 nitrogen and oxygen atoms in total. The molecule has 0 aliphatic carbocycles. The molecule has 2 aliphatic heterocycles. The van der Waals surface area contributed by atoms with Crippen LogP contribution >= 0.6 is 0 Å². The Kier molecular flexibility index (Phi) is 6.14. The van der Waals surface area contributed by atoms with Gasteiger partial charge in [0, 0.05) is 37.7 Å². The lowest BCUT2D eigenvalue weighted by Crippen LogP contribution is -2.41. The van der Waals surface area contributed by atoms with E-state index in [-0.39, 0.29) is 17.7 Å². The van der Waals surface area contributed by atoms with Gasteiger partial charge in [-0.15, -0.1) is 0 Å². The van der Waals surface area contributed by atoms with Gasteiger partial charge in [0.05, 0.1) is 31.6 Å². The number of hydrogen-bond donors (Lipinski definition) is 0. The maximum Gasteiger partial charge on any atom is 0.257 e. The van der Waals surface area contributed by atoms with E-state index in [9.17, 15) is 9.59 Å². The van der Waals surface area contributed by atoms with Crippen molar-refractivity contribution in [2.45, 2.75) is 12.8 Å². The number of nitrogens with zero attached hydrogens (tertiary/aromatic N) is 2. The van der Waals surface area contributed by atoms with Crippen LogP contribution in [0.4, 0.5) is 0 Å². The first-order valence-corrected chi connectivity index (χ1v) is 10.1. The van der Waals surface area contributed by atoms with Gasteiger partial charge in [0.2, 0.25) is 0 Å². The number of carbonyl (C=O) groups is 2. The van der Waals surface area contributed by atoms with Gasteiger partial charge in [-0.25, -0.2) is 0 Å². The van der Waals surface area contributed by atoms with E-state index < -0.39 is 0 Å². The quantitative estimate of drug-likeness (QED) is 0.774. The Morgan fingerprint density at radius 3 is 2.45 bits per heavy atom. The summed E-state index contributed by atoms with van der Waals surface area (Å²) >= 11 is 0. The average molecular weight is 398 g/mol. The second-order valence-corrected chi connectivity index (χ2v) is 7.51. The van der Waals surface area contributed by atoms with E-state index in [0.717, 1.165) is 25.1 Å². The Labute approximate surface area is 170 Å². The molecular weight excluding hydrogens is 372 g/mol. The van der Waals surface area contributed by atoms with Crippen molar-refractivity contribution in [3.63, 3.8) is 0 Å². The topological polar surface area (TPSA) is 72.2 Å². The monoisotopic (exact) mass is 398 g/mol. The zero-order valence-corrected chi connectivity index (χ0v) is 16.4. The molecule has 0 bridgehead atoms. The van der Waals surface area contributed by atoms with Gasteiger partial charge in [0.25, 0.3) is 11.8 Å². The number of benzene rings is 1. The molecule has 2 aliphatic rings. The molecule has 1 atom stereocenters. The van der Waals surface area contributed by atoms with Gasteiger partial charge in [0.1, 0.15) is 12.0 Å². The minimum Gasteiger partial charge on any atom is -0.493 e.